The molecule has 0 fully saturated rings. The fourth-order valence-corrected chi connectivity index (χ4v) is 6.13. The van der Waals surface area contributed by atoms with Crippen LogP contribution in [0, 0.1) is 29.1 Å². The summed E-state index contributed by atoms with van der Waals surface area (Å²) >= 11 is 0. The Labute approximate surface area is 222 Å². The van der Waals surface area contributed by atoms with Crippen LogP contribution in [0.3, 0.4) is 0 Å². The minimum absolute atomic E-state index is 0.223. The zero-order valence-corrected chi connectivity index (χ0v) is 20.4. The molecule has 0 unspecified atom stereocenters. The number of nitrogens with zero attached hydrogens (tertiary/aromatic N) is 2. The first-order valence-corrected chi connectivity index (χ1v) is 12.5. The maximum absolute atomic E-state index is 15.2. The van der Waals surface area contributed by atoms with Crippen LogP contribution in [-0.4, -0.2) is 9.55 Å². The van der Waals surface area contributed by atoms with Gasteiger partial charge in [-0.05, 0) is 55.6 Å². The highest BCUT2D eigenvalue weighted by atomic mass is 19.2. The van der Waals surface area contributed by atoms with Crippen molar-refractivity contribution >= 4 is 54.1 Å². The smallest absolute Gasteiger partial charge is 0.200 e. The van der Waals surface area contributed by atoms with Gasteiger partial charge in [-0.2, -0.15) is 0 Å². The van der Waals surface area contributed by atoms with E-state index in [1.165, 1.54) is 12.4 Å². The quantitative estimate of drug-likeness (QED) is 0.0935. The average molecular weight is 534 g/mol. The van der Waals surface area contributed by atoms with Gasteiger partial charge in [0.25, 0.3) is 0 Å². The maximum Gasteiger partial charge on any atom is 0.200 e. The largest absolute Gasteiger partial charge is 0.302 e. The number of rotatable bonds is 2. The lowest BCUT2D eigenvalue weighted by Crippen LogP contribution is -2.09. The molecule has 2 nitrogen and oxygen atoms in total. The summed E-state index contributed by atoms with van der Waals surface area (Å²) in [6, 6.07) is 25.5. The zero-order chi connectivity index (χ0) is 27.3. The Morgan fingerprint density at radius 1 is 0.525 bits per heavy atom. The Balaban J connectivity index is 1.58. The summed E-state index contributed by atoms with van der Waals surface area (Å²) in [6.45, 7) is 0. The van der Waals surface area contributed by atoms with Crippen molar-refractivity contribution < 1.29 is 22.0 Å². The molecule has 0 aliphatic carbocycles. The number of pyridine rings is 1. The number of hydrogen-bond donors (Lipinski definition) is 0. The van der Waals surface area contributed by atoms with E-state index in [1.54, 1.807) is 12.1 Å². The molecule has 0 aliphatic rings. The first kappa shape index (κ1) is 22.9. The van der Waals surface area contributed by atoms with Crippen molar-refractivity contribution in [1.29, 1.82) is 0 Å². The van der Waals surface area contributed by atoms with E-state index in [1.807, 2.05) is 42.5 Å². The topological polar surface area (TPSA) is 17.8 Å². The van der Waals surface area contributed by atoms with Crippen LogP contribution in [-0.2, 0) is 0 Å². The fraction of sp³-hybridized carbons (Fsp3) is 0. The van der Waals surface area contributed by atoms with Gasteiger partial charge in [0.15, 0.2) is 23.3 Å². The lowest BCUT2D eigenvalue weighted by Gasteiger charge is -2.16. The molecular weight excluding hydrogens is 519 g/mol. The van der Waals surface area contributed by atoms with Gasteiger partial charge in [0.2, 0.25) is 5.82 Å². The molecule has 0 saturated carbocycles. The molecule has 40 heavy (non-hydrogen) atoms. The van der Waals surface area contributed by atoms with E-state index in [4.69, 9.17) is 0 Å². The van der Waals surface area contributed by atoms with Crippen molar-refractivity contribution in [2.24, 2.45) is 0 Å². The van der Waals surface area contributed by atoms with Gasteiger partial charge in [-0.3, -0.25) is 4.98 Å². The third-order valence-electron chi connectivity index (χ3n) is 7.81. The highest BCUT2D eigenvalue weighted by Gasteiger charge is 2.29. The van der Waals surface area contributed by atoms with E-state index in [0.717, 1.165) is 48.0 Å². The van der Waals surface area contributed by atoms with Gasteiger partial charge in [0.05, 0.1) is 17.2 Å². The third kappa shape index (κ3) is 2.84. The minimum atomic E-state index is -2.20. The van der Waals surface area contributed by atoms with Crippen LogP contribution in [0.4, 0.5) is 22.0 Å². The molecule has 0 saturated heterocycles. The molecule has 6 aromatic carbocycles. The zero-order valence-electron chi connectivity index (χ0n) is 20.4. The second kappa shape index (κ2) is 7.99. The predicted molar refractivity (Wildman–Crippen MR) is 148 cm³/mol. The Bertz CT molecular complexity index is 2290. The van der Waals surface area contributed by atoms with Crippen molar-refractivity contribution in [2.75, 3.05) is 0 Å². The van der Waals surface area contributed by atoms with E-state index < -0.39 is 34.8 Å². The molecule has 8 rings (SSSR count). The molecule has 2 aromatic heterocycles. The summed E-state index contributed by atoms with van der Waals surface area (Å²) in [5.41, 5.74) is 1.62. The normalized spacial score (nSPS) is 12.1. The van der Waals surface area contributed by atoms with Crippen LogP contribution in [0.5, 0.6) is 0 Å². The molecule has 2 heterocycles. The van der Waals surface area contributed by atoms with E-state index in [-0.39, 0.29) is 5.52 Å². The summed E-state index contributed by atoms with van der Waals surface area (Å²) in [7, 11) is 0. The average Bonchev–Trinajstić information content (AvgIpc) is 3.32. The first-order valence-electron chi connectivity index (χ1n) is 12.5. The van der Waals surface area contributed by atoms with Gasteiger partial charge in [-0.15, -0.1) is 0 Å². The Kier molecular flexibility index (Phi) is 4.57. The molecule has 0 amide bonds. The van der Waals surface area contributed by atoms with Crippen LogP contribution in [0.2, 0.25) is 0 Å². The molecule has 0 bridgehead atoms. The van der Waals surface area contributed by atoms with E-state index in [2.05, 4.69) is 29.2 Å². The lowest BCUT2D eigenvalue weighted by molar-refractivity contribution is 0.376. The van der Waals surface area contributed by atoms with Crippen LogP contribution < -0.4 is 0 Å². The number of benzene rings is 6. The Morgan fingerprint density at radius 3 is 1.95 bits per heavy atom. The predicted octanol–water partition coefficient (Wildman–Crippen LogP) is 9.44. The summed E-state index contributed by atoms with van der Waals surface area (Å²) in [5.74, 6) is -10.0. The third-order valence-corrected chi connectivity index (χ3v) is 7.81. The monoisotopic (exact) mass is 534 g/mol. The minimum Gasteiger partial charge on any atom is -0.302 e. The highest BCUT2D eigenvalue weighted by molar-refractivity contribution is 6.34. The SMILES string of the molecule is Fc1c(F)c(F)c(-n2c3cnccc3c3c4ccc5ccc(-c6ccccc6)c6ccc(cc32)c4c56)c(F)c1F. The van der Waals surface area contributed by atoms with E-state index in [0.29, 0.717) is 16.3 Å². The molecule has 7 heteroatoms. The van der Waals surface area contributed by atoms with Gasteiger partial charge in [0.1, 0.15) is 5.69 Å². The van der Waals surface area contributed by atoms with E-state index in [9.17, 15) is 13.2 Å². The molecule has 192 valence electrons. The van der Waals surface area contributed by atoms with Crippen molar-refractivity contribution in [3.63, 3.8) is 0 Å². The highest BCUT2D eigenvalue weighted by Crippen LogP contribution is 2.45. The Morgan fingerprint density at radius 2 is 1.18 bits per heavy atom. The van der Waals surface area contributed by atoms with Crippen molar-refractivity contribution in [3.8, 4) is 16.8 Å². The molecule has 0 radical (unpaired) electrons. The van der Waals surface area contributed by atoms with Crippen LogP contribution >= 0.6 is 0 Å². The van der Waals surface area contributed by atoms with Crippen LogP contribution in [0.1, 0.15) is 0 Å². The van der Waals surface area contributed by atoms with E-state index >= 15 is 8.78 Å². The molecule has 0 aliphatic heterocycles. The van der Waals surface area contributed by atoms with Crippen molar-refractivity contribution in [2.45, 2.75) is 0 Å². The fourth-order valence-electron chi connectivity index (χ4n) is 6.13. The second-order valence-corrected chi connectivity index (χ2v) is 9.82. The number of fused-ring (bicyclic) bond motifs is 4. The van der Waals surface area contributed by atoms with Gasteiger partial charge < -0.3 is 4.57 Å². The standard InChI is InChI=1S/C33H15F5N2/c34-28-29(35)31(37)33(32(38)30(28)36)40-23-14-18-8-10-20-19(16-4-2-1-3-5-16)9-6-17-7-11-22(26(18)25(17)20)27(23)21-12-13-39-15-24(21)40/h1-15H. The molecular formula is C33H15F5N2. The molecule has 8 aromatic rings. The van der Waals surface area contributed by atoms with Gasteiger partial charge in [-0.1, -0.05) is 66.7 Å². The van der Waals surface area contributed by atoms with Crippen LogP contribution in [0.15, 0.2) is 91.3 Å². The van der Waals surface area contributed by atoms with Crippen molar-refractivity contribution in [1.82, 2.24) is 9.55 Å². The van der Waals surface area contributed by atoms with Crippen molar-refractivity contribution in [3.05, 3.63) is 120 Å². The maximum atomic E-state index is 15.2. The number of halogens is 5. The summed E-state index contributed by atoms with van der Waals surface area (Å²) < 4.78 is 74.1. The Hall–Kier alpha value is -5.04. The molecule has 0 N–H and O–H groups in total. The summed E-state index contributed by atoms with van der Waals surface area (Å²) in [5, 5.41) is 6.84. The first-order chi connectivity index (χ1) is 19.5. The lowest BCUT2D eigenvalue weighted by atomic mass is 9.88. The second-order valence-electron chi connectivity index (χ2n) is 9.82. The van der Waals surface area contributed by atoms with Crippen LogP contribution in [0.25, 0.3) is 70.9 Å². The molecule has 0 spiro atoms. The van der Waals surface area contributed by atoms with Gasteiger partial charge in [-0.25, -0.2) is 22.0 Å². The number of hydrogen-bond acceptors (Lipinski definition) is 1. The molecule has 0 atom stereocenters. The summed E-state index contributed by atoms with van der Waals surface area (Å²) in [4.78, 5) is 4.10. The number of aromatic nitrogens is 2. The van der Waals surface area contributed by atoms with Gasteiger partial charge in [0, 0.05) is 17.0 Å². The van der Waals surface area contributed by atoms with Gasteiger partial charge >= 0.3 is 0 Å². The summed E-state index contributed by atoms with van der Waals surface area (Å²) in [6.07, 6.45) is 2.91.